The van der Waals surface area contributed by atoms with Gasteiger partial charge in [-0.3, -0.25) is 9.71 Å². The average Bonchev–Trinajstić information content (AvgIpc) is 2.70. The van der Waals surface area contributed by atoms with E-state index in [0.29, 0.717) is 12.1 Å². The lowest BCUT2D eigenvalue weighted by Crippen LogP contribution is -2.32. The molecule has 0 aliphatic carbocycles. The number of rotatable bonds is 8. The van der Waals surface area contributed by atoms with E-state index in [0.717, 1.165) is 6.20 Å². The van der Waals surface area contributed by atoms with Crippen molar-refractivity contribution in [2.24, 2.45) is 0 Å². The quantitative estimate of drug-likeness (QED) is 0.537. The predicted octanol–water partition coefficient (Wildman–Crippen LogP) is 3.67. The van der Waals surface area contributed by atoms with Crippen molar-refractivity contribution >= 4 is 27.1 Å². The molecule has 0 aliphatic heterocycles. The number of pyridine rings is 1. The third-order valence-electron chi connectivity index (χ3n) is 4.08. The molecular weight excluding hydrogens is 435 g/mol. The zero-order valence-electron chi connectivity index (χ0n) is 16.6. The van der Waals surface area contributed by atoms with Crippen LogP contribution in [0.1, 0.15) is 30.7 Å². The predicted molar refractivity (Wildman–Crippen MR) is 109 cm³/mol. The van der Waals surface area contributed by atoms with Gasteiger partial charge in [0.2, 0.25) is 11.9 Å². The molecular formula is C19H20F3N5O3S. The van der Waals surface area contributed by atoms with Gasteiger partial charge in [-0.15, -0.1) is 0 Å². The van der Waals surface area contributed by atoms with E-state index in [9.17, 15) is 21.6 Å². The summed E-state index contributed by atoms with van der Waals surface area (Å²) in [5, 5.41) is 0. The first kappa shape index (κ1) is 22.7. The van der Waals surface area contributed by atoms with Crippen LogP contribution in [0.15, 0.2) is 42.6 Å². The molecule has 166 valence electrons. The Labute approximate surface area is 177 Å². The van der Waals surface area contributed by atoms with Gasteiger partial charge in [0, 0.05) is 24.0 Å². The number of nitrogens with zero attached hydrogens (tertiary/aromatic N) is 3. The molecule has 2 heterocycles. The third-order valence-corrected chi connectivity index (χ3v) is 5.12. The van der Waals surface area contributed by atoms with E-state index in [4.69, 9.17) is 4.74 Å². The lowest BCUT2D eigenvalue weighted by molar-refractivity contribution is -0.198. The first-order valence-corrected chi connectivity index (χ1v) is 10.8. The van der Waals surface area contributed by atoms with Crippen molar-refractivity contribution in [3.8, 4) is 5.88 Å². The van der Waals surface area contributed by atoms with Crippen molar-refractivity contribution in [2.45, 2.75) is 32.5 Å². The fourth-order valence-corrected chi connectivity index (χ4v) is 3.53. The summed E-state index contributed by atoms with van der Waals surface area (Å²) in [6.45, 7) is 3.53. The highest BCUT2D eigenvalue weighted by molar-refractivity contribution is 7.90. The molecule has 8 nitrogen and oxygen atoms in total. The van der Waals surface area contributed by atoms with Gasteiger partial charge in [0.05, 0.1) is 11.0 Å². The number of fused-ring (bicyclic) bond motifs is 1. The maximum Gasteiger partial charge on any atom is 0.429 e. The van der Waals surface area contributed by atoms with Crippen LogP contribution in [0.25, 0.3) is 11.0 Å². The molecule has 1 atom stereocenters. The van der Waals surface area contributed by atoms with Gasteiger partial charge in [0.15, 0.2) is 0 Å². The SMILES string of the molecule is CCCNS(=O)(=O)Nc1nc2ccccc2nc1OC(c1ccc(C)nc1)C(F)(F)F. The summed E-state index contributed by atoms with van der Waals surface area (Å²) in [4.78, 5) is 12.1. The zero-order valence-corrected chi connectivity index (χ0v) is 17.5. The number of anilines is 1. The molecule has 0 bridgehead atoms. The van der Waals surface area contributed by atoms with Gasteiger partial charge in [-0.05, 0) is 31.5 Å². The number of nitrogens with one attached hydrogen (secondary N) is 2. The van der Waals surface area contributed by atoms with E-state index in [1.807, 2.05) is 0 Å². The Hall–Kier alpha value is -2.99. The molecule has 0 spiro atoms. The summed E-state index contributed by atoms with van der Waals surface area (Å²) in [5.74, 6) is -1.07. The highest BCUT2D eigenvalue weighted by Gasteiger charge is 2.44. The van der Waals surface area contributed by atoms with Gasteiger partial charge in [0.25, 0.3) is 16.1 Å². The summed E-state index contributed by atoms with van der Waals surface area (Å²) < 4.78 is 75.5. The summed E-state index contributed by atoms with van der Waals surface area (Å²) in [6.07, 6.45) is -5.68. The summed E-state index contributed by atoms with van der Waals surface area (Å²) in [5.41, 5.74) is 0.796. The second kappa shape index (κ2) is 9.02. The molecule has 0 fully saturated rings. The van der Waals surface area contributed by atoms with Gasteiger partial charge in [-0.2, -0.15) is 26.3 Å². The molecule has 0 saturated carbocycles. The van der Waals surface area contributed by atoms with Crippen LogP contribution in [0.4, 0.5) is 19.0 Å². The van der Waals surface area contributed by atoms with Gasteiger partial charge in [-0.1, -0.05) is 25.1 Å². The topological polar surface area (TPSA) is 106 Å². The van der Waals surface area contributed by atoms with Crippen molar-refractivity contribution in [3.63, 3.8) is 0 Å². The minimum atomic E-state index is -4.82. The zero-order chi connectivity index (χ0) is 22.6. The fraction of sp³-hybridized carbons (Fsp3) is 0.316. The smallest absolute Gasteiger partial charge is 0.429 e. The van der Waals surface area contributed by atoms with Gasteiger partial charge in [0.1, 0.15) is 0 Å². The number of benzene rings is 1. The molecule has 0 aliphatic rings. The van der Waals surface area contributed by atoms with E-state index in [2.05, 4.69) is 24.4 Å². The molecule has 12 heteroatoms. The van der Waals surface area contributed by atoms with Crippen LogP contribution < -0.4 is 14.2 Å². The maximum atomic E-state index is 13.8. The number of hydrogen-bond acceptors (Lipinski definition) is 6. The molecule has 31 heavy (non-hydrogen) atoms. The highest BCUT2D eigenvalue weighted by Crippen LogP contribution is 2.38. The minimum Gasteiger partial charge on any atom is -0.457 e. The number of halogens is 3. The number of ether oxygens (including phenoxy) is 1. The van der Waals surface area contributed by atoms with Crippen molar-refractivity contribution < 1.29 is 26.3 Å². The third kappa shape index (κ3) is 5.79. The molecule has 0 saturated heterocycles. The lowest BCUT2D eigenvalue weighted by atomic mass is 10.1. The molecule has 0 radical (unpaired) electrons. The molecule has 1 unspecified atom stereocenters. The van der Waals surface area contributed by atoms with E-state index in [1.54, 1.807) is 32.0 Å². The summed E-state index contributed by atoms with van der Waals surface area (Å²) >= 11 is 0. The van der Waals surface area contributed by atoms with Crippen LogP contribution in [0, 0.1) is 6.92 Å². The summed E-state index contributed by atoms with van der Waals surface area (Å²) in [6, 6.07) is 9.00. The van der Waals surface area contributed by atoms with E-state index in [-0.39, 0.29) is 23.1 Å². The van der Waals surface area contributed by atoms with Crippen LogP contribution in [-0.4, -0.2) is 36.1 Å². The molecule has 0 amide bonds. The van der Waals surface area contributed by atoms with Crippen molar-refractivity contribution in [3.05, 3.63) is 53.9 Å². The Kier molecular flexibility index (Phi) is 6.60. The Morgan fingerprint density at radius 2 is 1.77 bits per heavy atom. The number of alkyl halides is 3. The summed E-state index contributed by atoms with van der Waals surface area (Å²) in [7, 11) is -4.11. The second-order valence-corrected chi connectivity index (χ2v) is 8.14. The Morgan fingerprint density at radius 3 is 2.35 bits per heavy atom. The standard InChI is InChI=1S/C19H20F3N5O3S/c1-3-10-24-31(28,29)27-17-18(26-15-7-5-4-6-14(15)25-17)30-16(19(20,21)22)13-9-8-12(2)23-11-13/h4-9,11,16,24H,3,10H2,1-2H3,(H,25,27). The van der Waals surface area contributed by atoms with Crippen LogP contribution in [0.2, 0.25) is 0 Å². The van der Waals surface area contributed by atoms with Crippen molar-refractivity contribution in [1.82, 2.24) is 19.7 Å². The normalized spacial score (nSPS) is 13.2. The average molecular weight is 455 g/mol. The number of aromatic nitrogens is 3. The monoisotopic (exact) mass is 455 g/mol. The Morgan fingerprint density at radius 1 is 1.10 bits per heavy atom. The first-order chi connectivity index (χ1) is 14.6. The van der Waals surface area contributed by atoms with Gasteiger partial charge < -0.3 is 4.74 Å². The second-order valence-electron chi connectivity index (χ2n) is 6.64. The molecule has 2 aromatic heterocycles. The lowest BCUT2D eigenvalue weighted by Gasteiger charge is -2.22. The van der Waals surface area contributed by atoms with Crippen LogP contribution in [-0.2, 0) is 10.2 Å². The van der Waals surface area contributed by atoms with Gasteiger partial charge in [-0.25, -0.2) is 9.97 Å². The molecule has 1 aromatic carbocycles. The number of aryl methyl sites for hydroxylation is 1. The number of para-hydroxylation sites is 2. The molecule has 3 aromatic rings. The molecule has 3 rings (SSSR count). The van der Waals surface area contributed by atoms with Crippen molar-refractivity contribution in [2.75, 3.05) is 11.3 Å². The first-order valence-electron chi connectivity index (χ1n) is 9.29. The van der Waals surface area contributed by atoms with E-state index < -0.39 is 34.2 Å². The van der Waals surface area contributed by atoms with Crippen LogP contribution in [0.5, 0.6) is 5.88 Å². The highest BCUT2D eigenvalue weighted by atomic mass is 32.2. The molecule has 2 N–H and O–H groups in total. The van der Waals surface area contributed by atoms with E-state index in [1.165, 1.54) is 18.2 Å². The minimum absolute atomic E-state index is 0.132. The van der Waals surface area contributed by atoms with Gasteiger partial charge >= 0.3 is 6.18 Å². The van der Waals surface area contributed by atoms with Crippen molar-refractivity contribution in [1.29, 1.82) is 0 Å². The number of hydrogen-bond donors (Lipinski definition) is 2. The maximum absolute atomic E-state index is 13.8. The van der Waals surface area contributed by atoms with E-state index >= 15 is 0 Å². The van der Waals surface area contributed by atoms with Crippen LogP contribution >= 0.6 is 0 Å². The Balaban J connectivity index is 2.06. The fourth-order valence-electron chi connectivity index (χ4n) is 2.60. The van der Waals surface area contributed by atoms with Crippen LogP contribution in [0.3, 0.4) is 0 Å². The Bertz CT molecular complexity index is 1150. The largest absolute Gasteiger partial charge is 0.457 e.